The van der Waals surface area contributed by atoms with Crippen molar-refractivity contribution >= 4 is 34.1 Å². The van der Waals surface area contributed by atoms with Crippen LogP contribution in [0.3, 0.4) is 0 Å². The number of benzene rings is 2. The second kappa shape index (κ2) is 10.9. The summed E-state index contributed by atoms with van der Waals surface area (Å²) in [6.45, 7) is 2.03. The zero-order chi connectivity index (χ0) is 26.7. The Kier molecular flexibility index (Phi) is 7.68. The number of nitrogens with zero attached hydrogens (tertiary/aromatic N) is 3. The molecule has 0 radical (unpaired) electrons. The lowest BCUT2D eigenvalue weighted by molar-refractivity contribution is -0.124. The van der Waals surface area contributed by atoms with E-state index in [1.165, 1.54) is 49.4 Å². The molecule has 0 aliphatic rings. The van der Waals surface area contributed by atoms with E-state index >= 15 is 4.39 Å². The van der Waals surface area contributed by atoms with Crippen molar-refractivity contribution in [2.45, 2.75) is 20.0 Å². The van der Waals surface area contributed by atoms with Gasteiger partial charge in [0.05, 0.1) is 30.4 Å². The number of aromatic nitrogens is 3. The second-order valence-corrected chi connectivity index (χ2v) is 8.85. The Hall–Kier alpha value is -4.05. The molecule has 4 aromatic rings. The molecule has 0 bridgehead atoms. The number of halogens is 3. The number of rotatable bonds is 8. The maximum absolute atomic E-state index is 15.0. The molecule has 2 aromatic heterocycles. The summed E-state index contributed by atoms with van der Waals surface area (Å²) in [4.78, 5) is 33.4. The van der Waals surface area contributed by atoms with E-state index in [2.05, 4.69) is 20.6 Å². The first-order chi connectivity index (χ1) is 17.7. The Morgan fingerprint density at radius 1 is 1.16 bits per heavy atom. The first kappa shape index (κ1) is 26.0. The third-order valence-corrected chi connectivity index (χ3v) is 6.26. The standard InChI is InChI=1S/C26H24ClF2N5O3/c1-14(24(35)30-2)12-34-13-33-23-19(26(34)36)6-16(7-21(23)29)17-8-22(25(37-3)32-11-17)31-10-15-4-5-18(28)9-20(15)27/h4-9,11,13-14,31H,10,12H2,1-3H3,(H,30,35)/t14-/m0/s1. The summed E-state index contributed by atoms with van der Waals surface area (Å²) in [5.41, 5.74) is 1.53. The molecule has 4 rings (SSSR count). The van der Waals surface area contributed by atoms with Gasteiger partial charge in [-0.1, -0.05) is 24.6 Å². The molecular weight excluding hydrogens is 504 g/mol. The highest BCUT2D eigenvalue weighted by Gasteiger charge is 2.17. The molecule has 2 aromatic carbocycles. The minimum Gasteiger partial charge on any atom is -0.480 e. The molecule has 0 aliphatic carbocycles. The Balaban J connectivity index is 1.70. The Morgan fingerprint density at radius 2 is 1.95 bits per heavy atom. The molecule has 0 saturated heterocycles. The van der Waals surface area contributed by atoms with Gasteiger partial charge >= 0.3 is 0 Å². The van der Waals surface area contributed by atoms with Crippen molar-refractivity contribution in [3.8, 4) is 17.0 Å². The van der Waals surface area contributed by atoms with E-state index in [0.717, 1.165) is 0 Å². The normalized spacial score (nSPS) is 11.8. The van der Waals surface area contributed by atoms with Gasteiger partial charge < -0.3 is 15.4 Å². The highest BCUT2D eigenvalue weighted by Crippen LogP contribution is 2.31. The molecule has 37 heavy (non-hydrogen) atoms. The molecular formula is C26H24ClF2N5O3. The van der Waals surface area contributed by atoms with Crippen molar-refractivity contribution in [2.24, 2.45) is 5.92 Å². The van der Waals surface area contributed by atoms with Crippen molar-refractivity contribution in [1.29, 1.82) is 0 Å². The predicted octanol–water partition coefficient (Wildman–Crippen LogP) is 4.39. The fourth-order valence-electron chi connectivity index (χ4n) is 3.90. The van der Waals surface area contributed by atoms with Crippen LogP contribution in [0.1, 0.15) is 12.5 Å². The lowest BCUT2D eigenvalue weighted by Crippen LogP contribution is -2.32. The molecule has 0 unspecified atom stereocenters. The minimum absolute atomic E-state index is 0.0663. The van der Waals surface area contributed by atoms with Crippen LogP contribution >= 0.6 is 11.6 Å². The Morgan fingerprint density at radius 3 is 2.65 bits per heavy atom. The smallest absolute Gasteiger partial charge is 0.261 e. The summed E-state index contributed by atoms with van der Waals surface area (Å²) in [6.07, 6.45) is 2.74. The predicted molar refractivity (Wildman–Crippen MR) is 138 cm³/mol. The van der Waals surface area contributed by atoms with E-state index < -0.39 is 23.1 Å². The van der Waals surface area contributed by atoms with Gasteiger partial charge in [0.2, 0.25) is 11.8 Å². The first-order valence-corrected chi connectivity index (χ1v) is 11.7. The van der Waals surface area contributed by atoms with E-state index in [1.54, 1.807) is 25.1 Å². The third-order valence-electron chi connectivity index (χ3n) is 5.91. The van der Waals surface area contributed by atoms with Crippen LogP contribution in [0.15, 0.2) is 53.7 Å². The molecule has 1 amide bonds. The molecule has 11 heteroatoms. The van der Waals surface area contributed by atoms with Gasteiger partial charge in [0.25, 0.3) is 5.56 Å². The van der Waals surface area contributed by atoms with Gasteiger partial charge in [0, 0.05) is 36.9 Å². The second-order valence-electron chi connectivity index (χ2n) is 8.44. The van der Waals surface area contributed by atoms with Gasteiger partial charge in [0.15, 0.2) is 0 Å². The van der Waals surface area contributed by atoms with Crippen LogP contribution in [0, 0.1) is 17.6 Å². The number of hydrogen-bond donors (Lipinski definition) is 2. The fourth-order valence-corrected chi connectivity index (χ4v) is 4.14. The maximum Gasteiger partial charge on any atom is 0.261 e. The highest BCUT2D eigenvalue weighted by molar-refractivity contribution is 6.31. The zero-order valence-electron chi connectivity index (χ0n) is 20.3. The number of nitrogens with one attached hydrogen (secondary N) is 2. The van der Waals surface area contributed by atoms with Gasteiger partial charge in [-0.25, -0.2) is 18.7 Å². The van der Waals surface area contributed by atoms with Crippen molar-refractivity contribution < 1.29 is 18.3 Å². The number of hydrogen-bond acceptors (Lipinski definition) is 6. The monoisotopic (exact) mass is 527 g/mol. The van der Waals surface area contributed by atoms with E-state index in [-0.39, 0.29) is 40.8 Å². The Labute approximate surface area is 216 Å². The molecule has 0 fully saturated rings. The van der Waals surface area contributed by atoms with Crippen LogP contribution < -0.4 is 20.9 Å². The van der Waals surface area contributed by atoms with Crippen molar-refractivity contribution in [3.05, 3.63) is 81.5 Å². The number of methoxy groups -OCH3 is 1. The van der Waals surface area contributed by atoms with Crippen LogP contribution in [0.2, 0.25) is 5.02 Å². The van der Waals surface area contributed by atoms with Crippen LogP contribution in [0.4, 0.5) is 14.5 Å². The SMILES string of the molecule is CNC(=O)[C@@H](C)Cn1cnc2c(F)cc(-c3cnc(OC)c(NCc4ccc(F)cc4Cl)c3)cc2c1=O. The molecule has 0 spiro atoms. The number of carbonyl (C=O) groups excluding carboxylic acids is 1. The lowest BCUT2D eigenvalue weighted by atomic mass is 10.0. The van der Waals surface area contributed by atoms with Crippen molar-refractivity contribution in [3.63, 3.8) is 0 Å². The van der Waals surface area contributed by atoms with Crippen molar-refractivity contribution in [1.82, 2.24) is 19.9 Å². The van der Waals surface area contributed by atoms with Crippen molar-refractivity contribution in [2.75, 3.05) is 19.5 Å². The quantitative estimate of drug-likeness (QED) is 0.353. The minimum atomic E-state index is -0.667. The molecule has 1 atom stereocenters. The number of fused-ring (bicyclic) bond motifs is 1. The molecule has 2 N–H and O–H groups in total. The molecule has 0 aliphatic heterocycles. The highest BCUT2D eigenvalue weighted by atomic mass is 35.5. The summed E-state index contributed by atoms with van der Waals surface area (Å²) >= 11 is 6.13. The summed E-state index contributed by atoms with van der Waals surface area (Å²) in [5, 5.41) is 6.04. The summed E-state index contributed by atoms with van der Waals surface area (Å²) < 4.78 is 35.0. The fraction of sp³-hybridized carbons (Fsp3) is 0.231. The van der Waals surface area contributed by atoms with E-state index in [0.29, 0.717) is 22.4 Å². The van der Waals surface area contributed by atoms with Gasteiger partial charge in [-0.2, -0.15) is 0 Å². The molecule has 0 saturated carbocycles. The summed E-state index contributed by atoms with van der Waals surface area (Å²) in [7, 11) is 2.98. The number of pyridine rings is 1. The average molecular weight is 528 g/mol. The van der Waals surface area contributed by atoms with Crippen LogP contribution in [0.5, 0.6) is 5.88 Å². The lowest BCUT2D eigenvalue weighted by Gasteiger charge is -2.14. The molecule has 2 heterocycles. The molecule has 192 valence electrons. The zero-order valence-corrected chi connectivity index (χ0v) is 21.1. The van der Waals surface area contributed by atoms with Crippen LogP contribution in [0.25, 0.3) is 22.0 Å². The van der Waals surface area contributed by atoms with Crippen LogP contribution in [-0.2, 0) is 17.9 Å². The first-order valence-electron chi connectivity index (χ1n) is 11.3. The van der Waals surface area contributed by atoms with Gasteiger partial charge in [-0.15, -0.1) is 0 Å². The number of anilines is 1. The van der Waals surface area contributed by atoms with Gasteiger partial charge in [-0.3, -0.25) is 14.2 Å². The van der Waals surface area contributed by atoms with E-state index in [1.807, 2.05) is 0 Å². The topological polar surface area (TPSA) is 98.1 Å². The molecule has 8 nitrogen and oxygen atoms in total. The maximum atomic E-state index is 15.0. The number of amides is 1. The average Bonchev–Trinajstić information content (AvgIpc) is 2.89. The van der Waals surface area contributed by atoms with Gasteiger partial charge in [-0.05, 0) is 41.5 Å². The van der Waals surface area contributed by atoms with E-state index in [4.69, 9.17) is 16.3 Å². The van der Waals surface area contributed by atoms with E-state index in [9.17, 15) is 14.0 Å². The number of carbonyl (C=O) groups is 1. The summed E-state index contributed by atoms with van der Waals surface area (Å²) in [5.74, 6) is -1.53. The largest absolute Gasteiger partial charge is 0.480 e. The third kappa shape index (κ3) is 5.54. The van der Waals surface area contributed by atoms with Crippen LogP contribution in [-0.4, -0.2) is 34.6 Å². The summed E-state index contributed by atoms with van der Waals surface area (Å²) in [6, 6.07) is 8.61. The number of ether oxygens (including phenoxy) is 1. The van der Waals surface area contributed by atoms with Gasteiger partial charge in [0.1, 0.15) is 17.2 Å². The Bertz CT molecular complexity index is 1540.